The summed E-state index contributed by atoms with van der Waals surface area (Å²) in [4.78, 5) is 41.0. The van der Waals surface area contributed by atoms with Gasteiger partial charge in [0.25, 0.3) is 11.8 Å². The molecule has 3 rings (SSSR count). The number of nitrogens with zero attached hydrogens (tertiary/aromatic N) is 2. The van der Waals surface area contributed by atoms with Gasteiger partial charge in [0.2, 0.25) is 0 Å². The number of hydrogen-bond acceptors (Lipinski definition) is 6. The Balaban J connectivity index is 1.62. The van der Waals surface area contributed by atoms with Crippen molar-refractivity contribution in [2.75, 3.05) is 18.9 Å². The summed E-state index contributed by atoms with van der Waals surface area (Å²) in [5.74, 6) is -1.35. The van der Waals surface area contributed by atoms with E-state index in [-0.39, 0.29) is 36.3 Å². The molecule has 0 saturated carbocycles. The van der Waals surface area contributed by atoms with E-state index in [1.165, 1.54) is 12.3 Å². The molecule has 7 nitrogen and oxygen atoms in total. The number of carbonyl (C=O) groups excluding carboxylic acids is 3. The Kier molecular flexibility index (Phi) is 3.76. The number of anilines is 1. The molecule has 2 amide bonds. The topological polar surface area (TPSA) is 103 Å². The molecular weight excluding hydrogens is 298 g/mol. The summed E-state index contributed by atoms with van der Waals surface area (Å²) in [6.07, 6.45) is 1.46. The summed E-state index contributed by atoms with van der Waals surface area (Å²) in [5, 5.41) is 0. The van der Waals surface area contributed by atoms with Gasteiger partial charge >= 0.3 is 5.97 Å². The van der Waals surface area contributed by atoms with Gasteiger partial charge in [-0.1, -0.05) is 12.1 Å². The fraction of sp³-hybridized carbons (Fsp3) is 0.125. The first-order valence-corrected chi connectivity index (χ1v) is 6.92. The summed E-state index contributed by atoms with van der Waals surface area (Å²) in [6, 6.07) is 9.64. The van der Waals surface area contributed by atoms with Crippen molar-refractivity contribution in [3.63, 3.8) is 0 Å². The Hall–Kier alpha value is -3.22. The van der Waals surface area contributed by atoms with Crippen LogP contribution in [0.4, 0.5) is 5.82 Å². The highest BCUT2D eigenvalue weighted by Crippen LogP contribution is 2.22. The van der Waals surface area contributed by atoms with E-state index in [0.717, 1.165) is 4.90 Å². The zero-order chi connectivity index (χ0) is 16.4. The van der Waals surface area contributed by atoms with E-state index in [2.05, 4.69) is 4.98 Å². The minimum Gasteiger partial charge on any atom is -0.460 e. The largest absolute Gasteiger partial charge is 0.460 e. The van der Waals surface area contributed by atoms with Gasteiger partial charge in [-0.25, -0.2) is 9.78 Å². The van der Waals surface area contributed by atoms with Crippen LogP contribution in [0.25, 0.3) is 0 Å². The molecule has 2 aromatic rings. The fourth-order valence-corrected chi connectivity index (χ4v) is 2.34. The van der Waals surface area contributed by atoms with Gasteiger partial charge in [0.1, 0.15) is 18.0 Å². The number of fused-ring (bicyclic) bond motifs is 1. The Morgan fingerprint density at radius 2 is 1.74 bits per heavy atom. The number of imide groups is 1. The molecule has 0 unspecified atom stereocenters. The Morgan fingerprint density at radius 3 is 2.35 bits per heavy atom. The van der Waals surface area contributed by atoms with E-state index < -0.39 is 5.97 Å². The third kappa shape index (κ3) is 2.64. The van der Waals surface area contributed by atoms with Crippen molar-refractivity contribution in [2.45, 2.75) is 0 Å². The predicted octanol–water partition coefficient (Wildman–Crippen LogP) is 1.12. The van der Waals surface area contributed by atoms with E-state index in [0.29, 0.717) is 11.1 Å². The minimum absolute atomic E-state index is 0.0156. The SMILES string of the molecule is Nc1ncccc1C(=O)OCCN1C(=O)c2ccccc2C1=O. The van der Waals surface area contributed by atoms with Crippen LogP contribution >= 0.6 is 0 Å². The number of carbonyl (C=O) groups is 3. The third-order valence-corrected chi connectivity index (χ3v) is 3.48. The second kappa shape index (κ2) is 5.88. The van der Waals surface area contributed by atoms with E-state index in [1.54, 1.807) is 30.3 Å². The number of nitrogen functional groups attached to an aromatic ring is 1. The molecule has 0 radical (unpaired) electrons. The number of pyridine rings is 1. The highest BCUT2D eigenvalue weighted by atomic mass is 16.5. The van der Waals surface area contributed by atoms with Crippen LogP contribution < -0.4 is 5.73 Å². The van der Waals surface area contributed by atoms with Gasteiger partial charge in [0, 0.05) is 6.20 Å². The maximum Gasteiger partial charge on any atom is 0.341 e. The van der Waals surface area contributed by atoms with E-state index in [4.69, 9.17) is 10.5 Å². The Labute approximate surface area is 131 Å². The van der Waals surface area contributed by atoms with Gasteiger partial charge in [-0.15, -0.1) is 0 Å². The van der Waals surface area contributed by atoms with Gasteiger partial charge in [0.05, 0.1) is 17.7 Å². The van der Waals surface area contributed by atoms with Crippen molar-refractivity contribution in [1.29, 1.82) is 0 Å². The van der Waals surface area contributed by atoms with Crippen LogP contribution in [0, 0.1) is 0 Å². The van der Waals surface area contributed by atoms with Crippen molar-refractivity contribution < 1.29 is 19.1 Å². The summed E-state index contributed by atoms with van der Waals surface area (Å²) < 4.78 is 5.06. The van der Waals surface area contributed by atoms with Gasteiger partial charge in [-0.3, -0.25) is 14.5 Å². The second-order valence-corrected chi connectivity index (χ2v) is 4.88. The van der Waals surface area contributed by atoms with Crippen molar-refractivity contribution in [2.24, 2.45) is 0 Å². The molecule has 7 heteroatoms. The van der Waals surface area contributed by atoms with Crippen LogP contribution in [0.1, 0.15) is 31.1 Å². The third-order valence-electron chi connectivity index (χ3n) is 3.48. The number of hydrogen-bond donors (Lipinski definition) is 1. The Morgan fingerprint density at radius 1 is 1.09 bits per heavy atom. The van der Waals surface area contributed by atoms with E-state index in [9.17, 15) is 14.4 Å². The number of rotatable bonds is 4. The standard InChI is InChI=1S/C16H13N3O4/c17-13-12(6-3-7-18-13)16(22)23-9-8-19-14(20)10-4-1-2-5-11(10)15(19)21/h1-7H,8-9H2,(H2,17,18). The number of esters is 1. The molecule has 1 aromatic heterocycles. The molecule has 0 saturated heterocycles. The van der Waals surface area contributed by atoms with Crippen LogP contribution in [-0.2, 0) is 4.74 Å². The van der Waals surface area contributed by atoms with Crippen LogP contribution in [0.5, 0.6) is 0 Å². The summed E-state index contributed by atoms with van der Waals surface area (Å²) in [7, 11) is 0. The van der Waals surface area contributed by atoms with Crippen LogP contribution in [0.15, 0.2) is 42.6 Å². The van der Waals surface area contributed by atoms with Gasteiger partial charge < -0.3 is 10.5 Å². The minimum atomic E-state index is -0.646. The first kappa shape index (κ1) is 14.7. The number of nitrogens with two attached hydrogens (primary N) is 1. The summed E-state index contributed by atoms with van der Waals surface area (Å²) >= 11 is 0. The molecule has 116 valence electrons. The highest BCUT2D eigenvalue weighted by molar-refractivity contribution is 6.21. The summed E-state index contributed by atoms with van der Waals surface area (Å²) in [5.41, 5.74) is 6.46. The molecule has 2 heterocycles. The van der Waals surface area contributed by atoms with Crippen LogP contribution in [-0.4, -0.2) is 40.8 Å². The zero-order valence-corrected chi connectivity index (χ0v) is 12.1. The van der Waals surface area contributed by atoms with Crippen molar-refractivity contribution in [3.8, 4) is 0 Å². The van der Waals surface area contributed by atoms with Crippen molar-refractivity contribution in [3.05, 3.63) is 59.3 Å². The zero-order valence-electron chi connectivity index (χ0n) is 12.1. The molecule has 0 atom stereocenters. The first-order chi connectivity index (χ1) is 11.1. The summed E-state index contributed by atoms with van der Waals surface area (Å²) in [6.45, 7) is -0.128. The molecule has 0 bridgehead atoms. The first-order valence-electron chi connectivity index (χ1n) is 6.92. The lowest BCUT2D eigenvalue weighted by atomic mass is 10.1. The van der Waals surface area contributed by atoms with Gasteiger partial charge in [-0.2, -0.15) is 0 Å². The smallest absolute Gasteiger partial charge is 0.341 e. The molecule has 23 heavy (non-hydrogen) atoms. The number of amides is 2. The van der Waals surface area contributed by atoms with E-state index in [1.807, 2.05) is 0 Å². The molecule has 0 aliphatic carbocycles. The molecule has 1 aromatic carbocycles. The molecule has 0 fully saturated rings. The lowest BCUT2D eigenvalue weighted by molar-refractivity contribution is 0.0421. The number of ether oxygens (including phenoxy) is 1. The van der Waals surface area contributed by atoms with Crippen LogP contribution in [0.3, 0.4) is 0 Å². The predicted molar refractivity (Wildman–Crippen MR) is 80.7 cm³/mol. The second-order valence-electron chi connectivity index (χ2n) is 4.88. The maximum absolute atomic E-state index is 12.1. The molecular formula is C16H13N3O4. The van der Waals surface area contributed by atoms with E-state index >= 15 is 0 Å². The van der Waals surface area contributed by atoms with Gasteiger partial charge in [0.15, 0.2) is 0 Å². The lowest BCUT2D eigenvalue weighted by Crippen LogP contribution is -2.33. The molecule has 1 aliphatic heterocycles. The van der Waals surface area contributed by atoms with Gasteiger partial charge in [-0.05, 0) is 24.3 Å². The van der Waals surface area contributed by atoms with Crippen molar-refractivity contribution in [1.82, 2.24) is 9.88 Å². The monoisotopic (exact) mass is 311 g/mol. The normalized spacial score (nSPS) is 13.1. The average Bonchev–Trinajstić information content (AvgIpc) is 2.80. The van der Waals surface area contributed by atoms with Crippen LogP contribution in [0.2, 0.25) is 0 Å². The number of aromatic nitrogens is 1. The molecule has 1 aliphatic rings. The maximum atomic E-state index is 12.1. The van der Waals surface area contributed by atoms with Crippen molar-refractivity contribution >= 4 is 23.6 Å². The molecule has 2 N–H and O–H groups in total. The Bertz CT molecular complexity index is 768. The highest BCUT2D eigenvalue weighted by Gasteiger charge is 2.34. The molecule has 0 spiro atoms. The quantitative estimate of drug-likeness (QED) is 0.670. The fourth-order valence-electron chi connectivity index (χ4n) is 2.34. The number of benzene rings is 1. The lowest BCUT2D eigenvalue weighted by Gasteiger charge is -2.14. The average molecular weight is 311 g/mol.